The second-order valence-corrected chi connectivity index (χ2v) is 6.99. The Morgan fingerprint density at radius 2 is 1.18 bits per heavy atom. The summed E-state index contributed by atoms with van der Waals surface area (Å²) in [6.07, 6.45) is 5.58. The Morgan fingerprint density at radius 1 is 0.818 bits per heavy atom. The van der Waals surface area contributed by atoms with Gasteiger partial charge in [0.25, 0.3) is 0 Å². The molecule has 0 saturated carbocycles. The van der Waals surface area contributed by atoms with Gasteiger partial charge in [0.05, 0.1) is 0 Å². The molecule has 0 aromatic heterocycles. The van der Waals surface area contributed by atoms with Crippen LogP contribution in [0.1, 0.15) is 32.6 Å². The van der Waals surface area contributed by atoms with Crippen molar-refractivity contribution in [2.45, 2.75) is 32.6 Å². The van der Waals surface area contributed by atoms with Crippen LogP contribution in [0, 0.1) is 23.7 Å². The highest BCUT2D eigenvalue weighted by Crippen LogP contribution is 2.38. The fourth-order valence-corrected chi connectivity index (χ4v) is 4.47. The summed E-state index contributed by atoms with van der Waals surface area (Å²) in [5, 5.41) is 7.06. The third-order valence-electron chi connectivity index (χ3n) is 5.17. The summed E-state index contributed by atoms with van der Waals surface area (Å²) in [5.41, 5.74) is 0. The molecule has 2 heterocycles. The maximum absolute atomic E-state index is 3.53. The second-order valence-electron chi connectivity index (χ2n) is 6.99. The summed E-state index contributed by atoms with van der Waals surface area (Å²) in [6.45, 7) is 8.69. The van der Waals surface area contributed by atoms with Crippen LogP contribution in [0.15, 0.2) is 0 Å². The van der Waals surface area contributed by atoms with Gasteiger partial charge < -0.3 is 15.5 Å². The first kappa shape index (κ1) is 25.0. The predicted molar refractivity (Wildman–Crippen MR) is 104 cm³/mol. The Labute approximate surface area is 156 Å². The number of piperidine rings is 2. The molecule has 0 amide bonds. The zero-order valence-electron chi connectivity index (χ0n) is 14.3. The van der Waals surface area contributed by atoms with Crippen LogP contribution in [0.2, 0.25) is 0 Å². The molecule has 2 aliphatic rings. The van der Waals surface area contributed by atoms with E-state index in [4.69, 9.17) is 0 Å². The summed E-state index contributed by atoms with van der Waals surface area (Å²) in [4.78, 5) is 2.37. The van der Waals surface area contributed by atoms with E-state index in [0.717, 1.165) is 23.7 Å². The Hall–Kier alpha value is 0.750. The van der Waals surface area contributed by atoms with E-state index < -0.39 is 0 Å². The summed E-state index contributed by atoms with van der Waals surface area (Å²) >= 11 is 0. The second kappa shape index (κ2) is 13.1. The van der Waals surface area contributed by atoms with Crippen molar-refractivity contribution in [3.05, 3.63) is 0 Å². The van der Waals surface area contributed by atoms with Crippen molar-refractivity contribution < 1.29 is 0 Å². The number of nitrogens with one attached hydrogen (secondary N) is 2. The number of rotatable bonds is 5. The lowest BCUT2D eigenvalue weighted by molar-refractivity contribution is 0.0884. The van der Waals surface area contributed by atoms with Crippen LogP contribution in [-0.4, -0.2) is 51.7 Å². The van der Waals surface area contributed by atoms with E-state index in [0.29, 0.717) is 0 Å². The Balaban J connectivity index is 0. The Bertz CT molecular complexity index is 237. The van der Waals surface area contributed by atoms with Gasteiger partial charge in [0, 0.05) is 6.54 Å². The minimum Gasteiger partial charge on any atom is -0.317 e. The van der Waals surface area contributed by atoms with Crippen molar-refractivity contribution in [3.63, 3.8) is 0 Å². The average molecular weight is 377 g/mol. The van der Waals surface area contributed by atoms with E-state index in [2.05, 4.69) is 36.6 Å². The zero-order valence-corrected chi connectivity index (χ0v) is 16.8. The van der Waals surface area contributed by atoms with Gasteiger partial charge in [0.1, 0.15) is 0 Å². The van der Waals surface area contributed by atoms with E-state index in [-0.39, 0.29) is 37.2 Å². The summed E-state index contributed by atoms with van der Waals surface area (Å²) in [5.74, 6) is 3.69. The molecular formula is C16H36Cl3N3. The van der Waals surface area contributed by atoms with Crippen molar-refractivity contribution in [1.82, 2.24) is 15.5 Å². The maximum Gasteiger partial charge on any atom is 0.000377 e. The molecule has 0 spiro atoms. The van der Waals surface area contributed by atoms with Gasteiger partial charge >= 0.3 is 0 Å². The molecule has 2 N–H and O–H groups in total. The fraction of sp³-hybridized carbons (Fsp3) is 1.00. The molecule has 0 aliphatic carbocycles. The van der Waals surface area contributed by atoms with E-state index in [9.17, 15) is 0 Å². The Morgan fingerprint density at radius 3 is 1.50 bits per heavy atom. The van der Waals surface area contributed by atoms with Gasteiger partial charge in [-0.2, -0.15) is 0 Å². The van der Waals surface area contributed by atoms with Gasteiger partial charge in [-0.25, -0.2) is 0 Å². The minimum atomic E-state index is 0. The lowest BCUT2D eigenvalue weighted by Gasteiger charge is -2.42. The van der Waals surface area contributed by atoms with E-state index >= 15 is 0 Å². The van der Waals surface area contributed by atoms with Gasteiger partial charge in [-0.15, -0.1) is 37.2 Å². The highest BCUT2D eigenvalue weighted by atomic mass is 35.5. The fourth-order valence-electron chi connectivity index (χ4n) is 4.47. The molecule has 6 heteroatoms. The number of nitrogens with zero attached hydrogens (tertiary/aromatic N) is 1. The van der Waals surface area contributed by atoms with Crippen LogP contribution >= 0.6 is 37.2 Å². The number of hydrogen-bond donors (Lipinski definition) is 2. The van der Waals surface area contributed by atoms with Crippen LogP contribution in [0.5, 0.6) is 0 Å². The SMILES string of the molecule is CC(CN(C)C)C(C1CCNCC1)C1CCNCC1.Cl.Cl.Cl. The molecule has 0 radical (unpaired) electrons. The van der Waals surface area contributed by atoms with Gasteiger partial charge in [-0.3, -0.25) is 0 Å². The summed E-state index contributed by atoms with van der Waals surface area (Å²) in [7, 11) is 4.44. The van der Waals surface area contributed by atoms with Crippen LogP contribution < -0.4 is 10.6 Å². The van der Waals surface area contributed by atoms with Gasteiger partial charge in [0.15, 0.2) is 0 Å². The van der Waals surface area contributed by atoms with Gasteiger partial charge in [-0.05, 0) is 89.6 Å². The first-order valence-electron chi connectivity index (χ1n) is 8.24. The summed E-state index contributed by atoms with van der Waals surface area (Å²) < 4.78 is 0. The molecule has 1 unspecified atom stereocenters. The standard InChI is InChI=1S/C16H33N3.3ClH/c1-13(12-19(2)3)16(14-4-8-17-9-5-14)15-6-10-18-11-7-15;;;/h13-18H,4-12H2,1-3H3;3*1H. The van der Waals surface area contributed by atoms with Crippen molar-refractivity contribution in [1.29, 1.82) is 0 Å². The van der Waals surface area contributed by atoms with Crippen molar-refractivity contribution in [2.24, 2.45) is 23.7 Å². The van der Waals surface area contributed by atoms with Gasteiger partial charge in [-0.1, -0.05) is 6.92 Å². The highest BCUT2D eigenvalue weighted by Gasteiger charge is 2.34. The lowest BCUT2D eigenvalue weighted by atomic mass is 9.68. The predicted octanol–water partition coefficient (Wildman–Crippen LogP) is 3.06. The minimum absolute atomic E-state index is 0. The first-order valence-corrected chi connectivity index (χ1v) is 8.24. The lowest BCUT2D eigenvalue weighted by Crippen LogP contribution is -2.43. The van der Waals surface area contributed by atoms with Crippen molar-refractivity contribution in [2.75, 3.05) is 46.8 Å². The molecule has 0 aromatic rings. The molecule has 22 heavy (non-hydrogen) atoms. The third-order valence-corrected chi connectivity index (χ3v) is 5.17. The molecule has 0 bridgehead atoms. The largest absolute Gasteiger partial charge is 0.317 e. The molecule has 136 valence electrons. The molecule has 2 saturated heterocycles. The third kappa shape index (κ3) is 7.55. The van der Waals surface area contributed by atoms with E-state index in [1.165, 1.54) is 58.4 Å². The quantitative estimate of drug-likeness (QED) is 0.772. The number of hydrogen-bond acceptors (Lipinski definition) is 3. The zero-order chi connectivity index (χ0) is 13.7. The van der Waals surface area contributed by atoms with Crippen LogP contribution in [-0.2, 0) is 0 Å². The van der Waals surface area contributed by atoms with E-state index in [1.807, 2.05) is 0 Å². The highest BCUT2D eigenvalue weighted by molar-refractivity contribution is 5.86. The average Bonchev–Trinajstić information content (AvgIpc) is 2.40. The molecule has 0 aromatic carbocycles. The Kier molecular flexibility index (Phi) is 14.9. The number of halogens is 3. The van der Waals surface area contributed by atoms with Crippen molar-refractivity contribution >= 4 is 37.2 Å². The van der Waals surface area contributed by atoms with Gasteiger partial charge in [0.2, 0.25) is 0 Å². The molecule has 1 atom stereocenters. The van der Waals surface area contributed by atoms with Crippen LogP contribution in [0.3, 0.4) is 0 Å². The first-order chi connectivity index (χ1) is 9.18. The molecule has 2 aliphatic heterocycles. The van der Waals surface area contributed by atoms with Crippen LogP contribution in [0.4, 0.5) is 0 Å². The molecular weight excluding hydrogens is 341 g/mol. The monoisotopic (exact) mass is 375 g/mol. The van der Waals surface area contributed by atoms with E-state index in [1.54, 1.807) is 0 Å². The summed E-state index contributed by atoms with van der Waals surface area (Å²) in [6, 6.07) is 0. The maximum atomic E-state index is 3.53. The topological polar surface area (TPSA) is 27.3 Å². The van der Waals surface area contributed by atoms with Crippen molar-refractivity contribution in [3.8, 4) is 0 Å². The van der Waals surface area contributed by atoms with Crippen LogP contribution in [0.25, 0.3) is 0 Å². The molecule has 3 nitrogen and oxygen atoms in total. The molecule has 2 fully saturated rings. The smallest absolute Gasteiger partial charge is 0.000377 e. The normalized spacial score (nSPS) is 21.7. The molecule has 2 rings (SSSR count).